The van der Waals surface area contributed by atoms with Gasteiger partial charge in [-0.15, -0.1) is 0 Å². The first kappa shape index (κ1) is 15.3. The number of benzene rings is 3. The van der Waals surface area contributed by atoms with Crippen LogP contribution in [0.3, 0.4) is 0 Å². The number of hydrogen-bond acceptors (Lipinski definition) is 1. The molecule has 1 N–H and O–H groups in total. The molecule has 116 valence electrons. The molecule has 23 heavy (non-hydrogen) atoms. The number of aryl methyl sites for hydroxylation is 2. The maximum absolute atomic E-state index is 12.6. The van der Waals surface area contributed by atoms with E-state index in [1.54, 1.807) is 0 Å². The van der Waals surface area contributed by atoms with Gasteiger partial charge in [0.25, 0.3) is 5.91 Å². The number of carbonyl (C=O) groups is 1. The van der Waals surface area contributed by atoms with Gasteiger partial charge in [0.05, 0.1) is 6.04 Å². The standard InChI is InChI=1S/C21H21NO/c1-14-11-12-15(2)20(13-14)21(23)22-16(3)18-10-6-8-17-7-4-5-9-19(17)18/h4-13,16H,1-3H3,(H,22,23)/t16-/m1/s1. The van der Waals surface area contributed by atoms with Gasteiger partial charge in [0.15, 0.2) is 0 Å². The first-order valence-electron chi connectivity index (χ1n) is 7.92. The Morgan fingerprint density at radius 2 is 1.70 bits per heavy atom. The molecule has 0 aromatic heterocycles. The minimum Gasteiger partial charge on any atom is -0.345 e. The highest BCUT2D eigenvalue weighted by molar-refractivity contribution is 5.96. The molecule has 0 saturated carbocycles. The van der Waals surface area contributed by atoms with Crippen molar-refractivity contribution in [3.05, 3.63) is 82.9 Å². The Morgan fingerprint density at radius 1 is 0.957 bits per heavy atom. The van der Waals surface area contributed by atoms with E-state index in [9.17, 15) is 4.79 Å². The number of hydrogen-bond donors (Lipinski definition) is 1. The average Bonchev–Trinajstić information content (AvgIpc) is 2.56. The number of carbonyl (C=O) groups excluding carboxylic acids is 1. The molecule has 0 heterocycles. The second kappa shape index (κ2) is 6.25. The fourth-order valence-electron chi connectivity index (χ4n) is 2.96. The molecule has 3 aromatic rings. The van der Waals surface area contributed by atoms with E-state index in [2.05, 4.69) is 29.6 Å². The van der Waals surface area contributed by atoms with E-state index >= 15 is 0 Å². The van der Waals surface area contributed by atoms with Crippen molar-refractivity contribution in [2.24, 2.45) is 0 Å². The van der Waals surface area contributed by atoms with Crippen molar-refractivity contribution in [2.75, 3.05) is 0 Å². The summed E-state index contributed by atoms with van der Waals surface area (Å²) in [4.78, 5) is 12.6. The lowest BCUT2D eigenvalue weighted by atomic mass is 9.99. The second-order valence-corrected chi connectivity index (χ2v) is 6.08. The smallest absolute Gasteiger partial charge is 0.252 e. The van der Waals surface area contributed by atoms with E-state index in [0.29, 0.717) is 0 Å². The molecule has 0 bridgehead atoms. The highest BCUT2D eigenvalue weighted by atomic mass is 16.1. The molecule has 0 aliphatic heterocycles. The van der Waals surface area contributed by atoms with E-state index in [0.717, 1.165) is 22.3 Å². The quantitative estimate of drug-likeness (QED) is 0.729. The van der Waals surface area contributed by atoms with Crippen LogP contribution in [0.1, 0.15) is 40.0 Å². The van der Waals surface area contributed by atoms with Crippen molar-refractivity contribution in [3.8, 4) is 0 Å². The second-order valence-electron chi connectivity index (χ2n) is 6.08. The maximum Gasteiger partial charge on any atom is 0.252 e. The third-order valence-electron chi connectivity index (χ3n) is 4.28. The van der Waals surface area contributed by atoms with E-state index < -0.39 is 0 Å². The van der Waals surface area contributed by atoms with Gasteiger partial charge in [-0.2, -0.15) is 0 Å². The van der Waals surface area contributed by atoms with Crippen LogP contribution in [-0.4, -0.2) is 5.91 Å². The molecule has 1 amide bonds. The molecular weight excluding hydrogens is 282 g/mol. The van der Waals surface area contributed by atoms with Crippen molar-refractivity contribution < 1.29 is 4.79 Å². The van der Waals surface area contributed by atoms with Crippen LogP contribution in [0.25, 0.3) is 10.8 Å². The molecule has 0 spiro atoms. The fraction of sp³-hybridized carbons (Fsp3) is 0.190. The van der Waals surface area contributed by atoms with Crippen molar-refractivity contribution in [2.45, 2.75) is 26.8 Å². The highest BCUT2D eigenvalue weighted by Gasteiger charge is 2.15. The van der Waals surface area contributed by atoms with Crippen molar-refractivity contribution in [1.82, 2.24) is 5.32 Å². The fourth-order valence-corrected chi connectivity index (χ4v) is 2.96. The third-order valence-corrected chi connectivity index (χ3v) is 4.28. The summed E-state index contributed by atoms with van der Waals surface area (Å²) in [5, 5.41) is 5.51. The molecule has 3 aromatic carbocycles. The lowest BCUT2D eigenvalue weighted by Gasteiger charge is -2.17. The maximum atomic E-state index is 12.6. The molecule has 3 rings (SSSR count). The van der Waals surface area contributed by atoms with Crippen LogP contribution in [0.5, 0.6) is 0 Å². The third kappa shape index (κ3) is 3.11. The van der Waals surface area contributed by atoms with Gasteiger partial charge in [0, 0.05) is 5.56 Å². The molecule has 0 aliphatic carbocycles. The summed E-state index contributed by atoms with van der Waals surface area (Å²) >= 11 is 0. The van der Waals surface area contributed by atoms with E-state index in [1.165, 1.54) is 10.8 Å². The van der Waals surface area contributed by atoms with Crippen LogP contribution < -0.4 is 5.32 Å². The molecule has 0 aliphatic rings. The Hall–Kier alpha value is -2.61. The first-order valence-corrected chi connectivity index (χ1v) is 7.92. The van der Waals surface area contributed by atoms with E-state index in [1.807, 2.05) is 57.2 Å². The van der Waals surface area contributed by atoms with Crippen molar-refractivity contribution >= 4 is 16.7 Å². The number of fused-ring (bicyclic) bond motifs is 1. The summed E-state index contributed by atoms with van der Waals surface area (Å²) in [6, 6.07) is 20.4. The normalized spacial score (nSPS) is 12.1. The molecule has 2 nitrogen and oxygen atoms in total. The van der Waals surface area contributed by atoms with Crippen molar-refractivity contribution in [3.63, 3.8) is 0 Å². The van der Waals surface area contributed by atoms with Crippen LogP contribution in [-0.2, 0) is 0 Å². The molecule has 1 atom stereocenters. The SMILES string of the molecule is Cc1ccc(C)c(C(=O)N[C@H](C)c2cccc3ccccc23)c1. The monoisotopic (exact) mass is 303 g/mol. The van der Waals surface area contributed by atoms with Gasteiger partial charge in [0.2, 0.25) is 0 Å². The summed E-state index contributed by atoms with van der Waals surface area (Å²) in [5.74, 6) is -0.0216. The Balaban J connectivity index is 1.90. The topological polar surface area (TPSA) is 29.1 Å². The number of nitrogens with one attached hydrogen (secondary N) is 1. The zero-order valence-electron chi connectivity index (χ0n) is 13.8. The zero-order valence-corrected chi connectivity index (χ0v) is 13.8. The average molecular weight is 303 g/mol. The Kier molecular flexibility index (Phi) is 4.16. The van der Waals surface area contributed by atoms with Crippen LogP contribution in [0.4, 0.5) is 0 Å². The lowest BCUT2D eigenvalue weighted by molar-refractivity contribution is 0.0939. The van der Waals surface area contributed by atoms with Crippen molar-refractivity contribution in [1.29, 1.82) is 0 Å². The van der Waals surface area contributed by atoms with E-state index in [-0.39, 0.29) is 11.9 Å². The van der Waals surface area contributed by atoms with E-state index in [4.69, 9.17) is 0 Å². The van der Waals surface area contributed by atoms with Gasteiger partial charge in [-0.1, -0.05) is 60.2 Å². The lowest BCUT2D eigenvalue weighted by Crippen LogP contribution is -2.27. The molecule has 0 unspecified atom stereocenters. The highest BCUT2D eigenvalue weighted by Crippen LogP contribution is 2.24. The predicted octanol–water partition coefficient (Wildman–Crippen LogP) is 4.95. The Morgan fingerprint density at radius 3 is 2.52 bits per heavy atom. The molecule has 0 radical (unpaired) electrons. The van der Waals surface area contributed by atoms with Gasteiger partial charge in [-0.25, -0.2) is 0 Å². The predicted molar refractivity (Wildman–Crippen MR) is 95.7 cm³/mol. The van der Waals surface area contributed by atoms with Gasteiger partial charge in [-0.05, 0) is 48.7 Å². The first-order chi connectivity index (χ1) is 11.1. The summed E-state index contributed by atoms with van der Waals surface area (Å²) < 4.78 is 0. The van der Waals surface area contributed by atoms with Crippen LogP contribution in [0.2, 0.25) is 0 Å². The van der Waals surface area contributed by atoms with Gasteiger partial charge in [0.1, 0.15) is 0 Å². The molecule has 2 heteroatoms. The van der Waals surface area contributed by atoms with Gasteiger partial charge < -0.3 is 5.32 Å². The van der Waals surface area contributed by atoms with Crippen LogP contribution >= 0.6 is 0 Å². The Labute approximate surface area is 137 Å². The molecule has 0 saturated heterocycles. The number of amides is 1. The van der Waals surface area contributed by atoms with Gasteiger partial charge >= 0.3 is 0 Å². The largest absolute Gasteiger partial charge is 0.345 e. The van der Waals surface area contributed by atoms with Crippen LogP contribution in [0, 0.1) is 13.8 Å². The minimum atomic E-state index is -0.0477. The minimum absolute atomic E-state index is 0.0216. The summed E-state index contributed by atoms with van der Waals surface area (Å²) in [6.07, 6.45) is 0. The summed E-state index contributed by atoms with van der Waals surface area (Å²) in [6.45, 7) is 6.01. The van der Waals surface area contributed by atoms with Crippen LogP contribution in [0.15, 0.2) is 60.7 Å². The molecular formula is C21H21NO. The zero-order chi connectivity index (χ0) is 16.4. The van der Waals surface area contributed by atoms with Gasteiger partial charge in [-0.3, -0.25) is 4.79 Å². The summed E-state index contributed by atoms with van der Waals surface area (Å²) in [7, 11) is 0. The summed E-state index contributed by atoms with van der Waals surface area (Å²) in [5.41, 5.74) is 3.98. The Bertz CT molecular complexity index is 861. The molecule has 0 fully saturated rings. The number of rotatable bonds is 3.